The molecule has 2 aromatic carbocycles. The lowest BCUT2D eigenvalue weighted by atomic mass is 9.89. The molecule has 2 saturated heterocycles. The second-order valence-electron chi connectivity index (χ2n) is 8.26. The molecule has 2 amide bonds. The number of likely N-dealkylation sites (tertiary alicyclic amines) is 1. The third-order valence-corrected chi connectivity index (χ3v) is 6.61. The predicted molar refractivity (Wildman–Crippen MR) is 116 cm³/mol. The van der Waals surface area contributed by atoms with E-state index in [2.05, 4.69) is 22.4 Å². The number of aromatic nitrogens is 2. The van der Waals surface area contributed by atoms with Crippen LogP contribution < -0.4 is 15.8 Å². The Morgan fingerprint density at radius 2 is 2.07 bits per heavy atom. The van der Waals surface area contributed by atoms with Crippen molar-refractivity contribution >= 4 is 17.1 Å². The summed E-state index contributed by atoms with van der Waals surface area (Å²) in [5, 5.41) is 3.55. The largest absolute Gasteiger partial charge is 0.497 e. The molecule has 1 aromatic heterocycles. The van der Waals surface area contributed by atoms with Gasteiger partial charge in [0.2, 0.25) is 0 Å². The van der Waals surface area contributed by atoms with Crippen LogP contribution in [0.25, 0.3) is 11.0 Å². The number of nitrogens with one attached hydrogen (secondary N) is 2. The molecule has 0 bridgehead atoms. The molecule has 0 radical (unpaired) electrons. The smallest absolute Gasteiger partial charge is 0.315 e. The maximum Gasteiger partial charge on any atom is 0.315 e. The van der Waals surface area contributed by atoms with Crippen LogP contribution in [0.15, 0.2) is 48.5 Å². The minimum Gasteiger partial charge on any atom is -0.497 e. The highest BCUT2D eigenvalue weighted by Gasteiger charge is 2.48. The Hall–Kier alpha value is -3.06. The van der Waals surface area contributed by atoms with Gasteiger partial charge < -0.3 is 25.7 Å². The van der Waals surface area contributed by atoms with Gasteiger partial charge in [0.1, 0.15) is 11.6 Å². The second-order valence-corrected chi connectivity index (χ2v) is 8.26. The normalized spacial score (nSPS) is 24.2. The molecule has 2 aliphatic heterocycles. The fourth-order valence-electron chi connectivity index (χ4n) is 5.21. The molecule has 4 atom stereocenters. The number of amides is 2. The summed E-state index contributed by atoms with van der Waals surface area (Å²) in [6.07, 6.45) is 2.59. The molecule has 0 aliphatic carbocycles. The number of nitrogens with two attached hydrogens (primary N) is 1. The summed E-state index contributed by atoms with van der Waals surface area (Å²) in [6.45, 7) is 0.930. The quantitative estimate of drug-likeness (QED) is 0.608. The molecule has 0 spiro atoms. The SMILES string of the molecule is COc1ccc(C[C@@H](c2nc3ccccc3[nH]2)C2CC3NCCC3N2C(N)=O)cc1. The highest BCUT2D eigenvalue weighted by Crippen LogP contribution is 2.39. The maximum atomic E-state index is 12.5. The zero-order chi connectivity index (χ0) is 20.7. The molecule has 4 N–H and O–H groups in total. The number of urea groups is 1. The lowest BCUT2D eigenvalue weighted by Gasteiger charge is -2.32. The summed E-state index contributed by atoms with van der Waals surface area (Å²) in [5.41, 5.74) is 9.00. The summed E-state index contributed by atoms with van der Waals surface area (Å²) in [7, 11) is 1.67. The van der Waals surface area contributed by atoms with Crippen molar-refractivity contribution in [3.05, 3.63) is 59.9 Å². The zero-order valence-electron chi connectivity index (χ0n) is 17.0. The van der Waals surface area contributed by atoms with E-state index in [1.807, 2.05) is 41.3 Å². The van der Waals surface area contributed by atoms with Gasteiger partial charge in [-0.1, -0.05) is 24.3 Å². The van der Waals surface area contributed by atoms with Gasteiger partial charge in [0, 0.05) is 18.0 Å². The van der Waals surface area contributed by atoms with Crippen molar-refractivity contribution in [1.29, 1.82) is 0 Å². The van der Waals surface area contributed by atoms with Crippen molar-refractivity contribution in [2.24, 2.45) is 5.73 Å². The lowest BCUT2D eigenvalue weighted by molar-refractivity contribution is 0.170. The molecule has 3 unspecified atom stereocenters. The molecule has 0 saturated carbocycles. The van der Waals surface area contributed by atoms with Crippen molar-refractivity contribution in [2.75, 3.05) is 13.7 Å². The van der Waals surface area contributed by atoms with Crippen LogP contribution in [0, 0.1) is 0 Å². The number of fused-ring (bicyclic) bond motifs is 2. The van der Waals surface area contributed by atoms with Gasteiger partial charge in [-0.2, -0.15) is 0 Å². The first-order valence-electron chi connectivity index (χ1n) is 10.5. The van der Waals surface area contributed by atoms with Crippen molar-refractivity contribution in [3.63, 3.8) is 0 Å². The van der Waals surface area contributed by atoms with Crippen LogP contribution in [-0.2, 0) is 6.42 Å². The molecule has 156 valence electrons. The Bertz CT molecular complexity index is 1010. The number of nitrogens with zero attached hydrogens (tertiary/aromatic N) is 2. The lowest BCUT2D eigenvalue weighted by Crippen LogP contribution is -2.47. The van der Waals surface area contributed by atoms with Crippen LogP contribution in [0.5, 0.6) is 5.75 Å². The highest BCUT2D eigenvalue weighted by molar-refractivity contribution is 5.75. The van der Waals surface area contributed by atoms with Crippen LogP contribution in [0.1, 0.15) is 30.1 Å². The van der Waals surface area contributed by atoms with Crippen molar-refractivity contribution < 1.29 is 9.53 Å². The second kappa shape index (κ2) is 7.65. The minimum atomic E-state index is -0.341. The number of para-hydroxylation sites is 2. The number of hydrogen-bond donors (Lipinski definition) is 3. The average Bonchev–Trinajstić information content (AvgIpc) is 3.45. The van der Waals surface area contributed by atoms with E-state index in [-0.39, 0.29) is 24.0 Å². The summed E-state index contributed by atoms with van der Waals surface area (Å²) in [6, 6.07) is 16.3. The number of rotatable bonds is 5. The van der Waals surface area contributed by atoms with E-state index < -0.39 is 0 Å². The van der Waals surface area contributed by atoms with Crippen LogP contribution in [0.3, 0.4) is 0 Å². The number of hydrogen-bond acceptors (Lipinski definition) is 4. The highest BCUT2D eigenvalue weighted by atomic mass is 16.5. The Morgan fingerprint density at radius 3 is 2.80 bits per heavy atom. The Balaban J connectivity index is 1.54. The number of benzene rings is 2. The van der Waals surface area contributed by atoms with Gasteiger partial charge in [-0.15, -0.1) is 0 Å². The van der Waals surface area contributed by atoms with Crippen LogP contribution in [-0.4, -0.2) is 52.7 Å². The number of imidazole rings is 1. The number of ether oxygens (including phenoxy) is 1. The van der Waals surface area contributed by atoms with Gasteiger partial charge >= 0.3 is 6.03 Å². The first kappa shape index (κ1) is 18.9. The van der Waals surface area contributed by atoms with Crippen molar-refractivity contribution in [3.8, 4) is 5.75 Å². The summed E-state index contributed by atoms with van der Waals surface area (Å²) in [5.74, 6) is 1.76. The monoisotopic (exact) mass is 405 g/mol. The minimum absolute atomic E-state index is 0.00651. The molecule has 7 nitrogen and oxygen atoms in total. The predicted octanol–water partition coefficient (Wildman–Crippen LogP) is 2.78. The Labute approximate surface area is 175 Å². The van der Waals surface area contributed by atoms with Crippen LogP contribution in [0.4, 0.5) is 4.79 Å². The zero-order valence-corrected chi connectivity index (χ0v) is 17.0. The Morgan fingerprint density at radius 1 is 1.27 bits per heavy atom. The summed E-state index contributed by atoms with van der Waals surface area (Å²) < 4.78 is 5.30. The van der Waals surface area contributed by atoms with E-state index in [0.29, 0.717) is 6.04 Å². The molecule has 3 heterocycles. The first-order chi connectivity index (χ1) is 14.6. The van der Waals surface area contributed by atoms with E-state index in [4.69, 9.17) is 15.5 Å². The van der Waals surface area contributed by atoms with Gasteiger partial charge in [-0.25, -0.2) is 9.78 Å². The summed E-state index contributed by atoms with van der Waals surface area (Å²) >= 11 is 0. The number of primary amides is 1. The third kappa shape index (κ3) is 3.29. The molecule has 7 heteroatoms. The standard InChI is InChI=1S/C23H27N5O2/c1-30-15-8-6-14(7-9-15)12-16(22-26-17-4-2-3-5-18(17)27-22)21-13-19-20(10-11-25-19)28(21)23(24)29/h2-9,16,19-21,25H,10-13H2,1H3,(H2,24,29)(H,26,27)/t16-,19?,20?,21?/m1/s1. The molecule has 30 heavy (non-hydrogen) atoms. The topological polar surface area (TPSA) is 96.3 Å². The molecule has 5 rings (SSSR count). The number of methoxy groups -OCH3 is 1. The molecular weight excluding hydrogens is 378 g/mol. The third-order valence-electron chi connectivity index (χ3n) is 6.61. The summed E-state index contributed by atoms with van der Waals surface area (Å²) in [4.78, 5) is 22.8. The van der Waals surface area contributed by atoms with Crippen molar-refractivity contribution in [2.45, 2.75) is 43.3 Å². The molecule has 2 aliphatic rings. The average molecular weight is 406 g/mol. The van der Waals surface area contributed by atoms with E-state index >= 15 is 0 Å². The van der Waals surface area contributed by atoms with E-state index in [1.165, 1.54) is 5.56 Å². The van der Waals surface area contributed by atoms with Crippen molar-refractivity contribution in [1.82, 2.24) is 20.2 Å². The number of carbonyl (C=O) groups excluding carboxylic acids is 1. The fourth-order valence-corrected chi connectivity index (χ4v) is 5.21. The van der Waals surface area contributed by atoms with Gasteiger partial charge in [-0.3, -0.25) is 0 Å². The van der Waals surface area contributed by atoms with Gasteiger partial charge in [-0.05, 0) is 55.6 Å². The van der Waals surface area contributed by atoms with Gasteiger partial charge in [0.25, 0.3) is 0 Å². The molecule has 3 aromatic rings. The van der Waals surface area contributed by atoms with E-state index in [1.54, 1.807) is 7.11 Å². The van der Waals surface area contributed by atoms with Crippen LogP contribution >= 0.6 is 0 Å². The van der Waals surface area contributed by atoms with Gasteiger partial charge in [0.05, 0.1) is 24.2 Å². The molecule has 2 fully saturated rings. The fraction of sp³-hybridized carbons (Fsp3) is 0.391. The first-order valence-corrected chi connectivity index (χ1v) is 10.5. The Kier molecular flexibility index (Phi) is 4.83. The number of aromatic amines is 1. The van der Waals surface area contributed by atoms with E-state index in [0.717, 1.165) is 48.4 Å². The molecular formula is C23H27N5O2. The van der Waals surface area contributed by atoms with Crippen LogP contribution in [0.2, 0.25) is 0 Å². The van der Waals surface area contributed by atoms with Gasteiger partial charge in [0.15, 0.2) is 0 Å². The maximum absolute atomic E-state index is 12.5. The number of carbonyl (C=O) groups is 1. The number of H-pyrrole nitrogens is 1. The van der Waals surface area contributed by atoms with E-state index in [9.17, 15) is 4.79 Å².